The van der Waals surface area contributed by atoms with Crippen LogP contribution in [0.2, 0.25) is 5.02 Å². The number of hydrogen-bond acceptors (Lipinski definition) is 4. The number of sulfonamides is 1. The van der Waals surface area contributed by atoms with Crippen LogP contribution in [0.4, 0.5) is 4.39 Å². The molecule has 0 amide bonds. The Morgan fingerprint density at radius 1 is 1.32 bits per heavy atom. The van der Waals surface area contributed by atoms with E-state index in [1.165, 1.54) is 19.1 Å². The van der Waals surface area contributed by atoms with E-state index in [0.717, 1.165) is 12.3 Å². The van der Waals surface area contributed by atoms with Gasteiger partial charge in [0.15, 0.2) is 5.82 Å². The quantitative estimate of drug-likeness (QED) is 0.880. The van der Waals surface area contributed by atoms with Crippen LogP contribution in [-0.4, -0.2) is 34.9 Å². The first-order valence-corrected chi connectivity index (χ1v) is 9.09. The molecule has 0 fully saturated rings. The van der Waals surface area contributed by atoms with E-state index in [1.54, 1.807) is 0 Å². The molecule has 0 aliphatic heterocycles. The molecule has 0 heterocycles. The molecule has 0 saturated heterocycles. The highest BCUT2D eigenvalue weighted by atomic mass is 35.5. The predicted octanol–water partition coefficient (Wildman–Crippen LogP) is 1.19. The molecule has 0 aromatic heterocycles. The van der Waals surface area contributed by atoms with E-state index < -0.39 is 36.6 Å². The van der Waals surface area contributed by atoms with Crippen LogP contribution in [0, 0.1) is 5.82 Å². The van der Waals surface area contributed by atoms with Crippen LogP contribution in [0.5, 0.6) is 0 Å². The van der Waals surface area contributed by atoms with Crippen molar-refractivity contribution >= 4 is 31.5 Å². The van der Waals surface area contributed by atoms with Gasteiger partial charge >= 0.3 is 0 Å². The summed E-state index contributed by atoms with van der Waals surface area (Å²) in [7, 11) is -7.50. The monoisotopic (exact) mass is 329 g/mol. The van der Waals surface area contributed by atoms with E-state index in [0.29, 0.717) is 0 Å². The lowest BCUT2D eigenvalue weighted by Gasteiger charge is -2.13. The zero-order valence-corrected chi connectivity index (χ0v) is 12.6. The molecule has 0 bridgehead atoms. The SMILES string of the molecule is CC(CS(C)(=O)=O)NS(=O)(=O)c1cccc(Cl)c1F. The van der Waals surface area contributed by atoms with Gasteiger partial charge in [-0.05, 0) is 19.1 Å². The summed E-state index contributed by atoms with van der Waals surface area (Å²) < 4.78 is 61.6. The van der Waals surface area contributed by atoms with E-state index >= 15 is 0 Å². The number of hydrogen-bond donors (Lipinski definition) is 1. The highest BCUT2D eigenvalue weighted by Gasteiger charge is 2.24. The molecule has 0 radical (unpaired) electrons. The summed E-state index contributed by atoms with van der Waals surface area (Å²) in [5.74, 6) is -1.45. The molecule has 1 N–H and O–H groups in total. The molecule has 1 atom stereocenters. The van der Waals surface area contributed by atoms with E-state index in [2.05, 4.69) is 4.72 Å². The Hall–Kier alpha value is -0.700. The maximum atomic E-state index is 13.6. The minimum Gasteiger partial charge on any atom is -0.229 e. The summed E-state index contributed by atoms with van der Waals surface area (Å²) in [6.45, 7) is 1.38. The molecule has 1 aromatic carbocycles. The highest BCUT2D eigenvalue weighted by Crippen LogP contribution is 2.21. The third-order valence-corrected chi connectivity index (χ3v) is 5.12. The molecule has 9 heteroatoms. The van der Waals surface area contributed by atoms with Gasteiger partial charge in [-0.15, -0.1) is 0 Å². The minimum atomic E-state index is -4.16. The van der Waals surface area contributed by atoms with Gasteiger partial charge in [-0.2, -0.15) is 0 Å². The molecular weight excluding hydrogens is 317 g/mol. The van der Waals surface area contributed by atoms with Crippen LogP contribution in [0.15, 0.2) is 23.1 Å². The summed E-state index contributed by atoms with van der Waals surface area (Å²) in [6.07, 6.45) is 0.984. The van der Waals surface area contributed by atoms with Crippen LogP contribution in [-0.2, 0) is 19.9 Å². The van der Waals surface area contributed by atoms with Crippen molar-refractivity contribution in [1.82, 2.24) is 4.72 Å². The number of rotatable bonds is 5. The second-order valence-corrected chi connectivity index (χ2v) is 8.44. The first kappa shape index (κ1) is 16.4. The molecule has 5 nitrogen and oxygen atoms in total. The normalized spacial score (nSPS) is 14.3. The number of halogens is 2. The van der Waals surface area contributed by atoms with Gasteiger partial charge < -0.3 is 0 Å². The summed E-state index contributed by atoms with van der Waals surface area (Å²) in [5, 5.41) is -0.321. The largest absolute Gasteiger partial charge is 0.243 e. The Kier molecular flexibility index (Phi) is 4.94. The fourth-order valence-corrected chi connectivity index (χ4v) is 4.18. The second-order valence-electron chi connectivity index (χ2n) is 4.17. The van der Waals surface area contributed by atoms with Crippen molar-refractivity contribution < 1.29 is 21.2 Å². The predicted molar refractivity (Wildman–Crippen MR) is 70.9 cm³/mol. The molecule has 0 saturated carbocycles. The first-order chi connectivity index (χ1) is 8.53. The Labute approximate surface area is 116 Å². The van der Waals surface area contributed by atoms with Crippen molar-refractivity contribution in [2.75, 3.05) is 12.0 Å². The van der Waals surface area contributed by atoms with Gasteiger partial charge in [0.2, 0.25) is 10.0 Å². The Balaban J connectivity index is 3.03. The molecule has 1 aromatic rings. The zero-order valence-electron chi connectivity index (χ0n) is 10.2. The lowest BCUT2D eigenvalue weighted by Crippen LogP contribution is -2.37. The summed E-state index contributed by atoms with van der Waals surface area (Å²) in [4.78, 5) is -0.611. The zero-order chi connectivity index (χ0) is 14.8. The van der Waals surface area contributed by atoms with Gasteiger partial charge in [-0.1, -0.05) is 17.7 Å². The lowest BCUT2D eigenvalue weighted by atomic mass is 10.3. The van der Waals surface area contributed by atoms with Crippen molar-refractivity contribution in [2.45, 2.75) is 17.9 Å². The molecular formula is C10H13ClFNO4S2. The van der Waals surface area contributed by atoms with Crippen LogP contribution in [0.1, 0.15) is 6.92 Å². The molecule has 0 aliphatic carbocycles. The van der Waals surface area contributed by atoms with Gasteiger partial charge in [0.25, 0.3) is 0 Å². The maximum absolute atomic E-state index is 13.6. The lowest BCUT2D eigenvalue weighted by molar-refractivity contribution is 0.547. The Bertz CT molecular complexity index is 673. The fraction of sp³-hybridized carbons (Fsp3) is 0.400. The van der Waals surface area contributed by atoms with Gasteiger partial charge in [0.1, 0.15) is 14.7 Å². The molecule has 1 rings (SSSR count). The average molecular weight is 330 g/mol. The van der Waals surface area contributed by atoms with E-state index in [1.807, 2.05) is 0 Å². The third kappa shape index (κ3) is 4.72. The first-order valence-electron chi connectivity index (χ1n) is 5.17. The topological polar surface area (TPSA) is 80.3 Å². The number of benzene rings is 1. The van der Waals surface area contributed by atoms with Crippen LogP contribution in [0.3, 0.4) is 0 Å². The van der Waals surface area contributed by atoms with E-state index in [-0.39, 0.29) is 10.8 Å². The van der Waals surface area contributed by atoms with Crippen LogP contribution < -0.4 is 4.72 Å². The van der Waals surface area contributed by atoms with Gasteiger partial charge in [0.05, 0.1) is 10.8 Å². The number of nitrogens with one attached hydrogen (secondary N) is 1. The molecule has 108 valence electrons. The fourth-order valence-electron chi connectivity index (χ4n) is 1.51. The molecule has 0 aliphatic rings. The van der Waals surface area contributed by atoms with Crippen molar-refractivity contribution in [1.29, 1.82) is 0 Å². The molecule has 0 spiro atoms. The standard InChI is InChI=1S/C10H13ClFNO4S2/c1-7(6-18(2,14)15)13-19(16,17)9-5-3-4-8(11)10(9)12/h3-5,7,13H,6H2,1-2H3. The van der Waals surface area contributed by atoms with Crippen molar-refractivity contribution in [3.63, 3.8) is 0 Å². The number of sulfone groups is 1. The summed E-state index contributed by atoms with van der Waals surface area (Å²) in [5.41, 5.74) is 0. The van der Waals surface area contributed by atoms with Gasteiger partial charge in [-0.3, -0.25) is 0 Å². The molecule has 19 heavy (non-hydrogen) atoms. The summed E-state index contributed by atoms with van der Waals surface area (Å²) >= 11 is 5.50. The molecule has 1 unspecified atom stereocenters. The van der Waals surface area contributed by atoms with Crippen LogP contribution >= 0.6 is 11.6 Å². The Morgan fingerprint density at radius 2 is 1.89 bits per heavy atom. The Morgan fingerprint density at radius 3 is 2.42 bits per heavy atom. The third-order valence-electron chi connectivity index (χ3n) is 2.11. The van der Waals surface area contributed by atoms with E-state index in [9.17, 15) is 21.2 Å². The van der Waals surface area contributed by atoms with E-state index in [4.69, 9.17) is 11.6 Å². The van der Waals surface area contributed by atoms with Crippen molar-refractivity contribution in [3.8, 4) is 0 Å². The van der Waals surface area contributed by atoms with Crippen molar-refractivity contribution in [3.05, 3.63) is 29.0 Å². The maximum Gasteiger partial charge on any atom is 0.243 e. The van der Waals surface area contributed by atoms with Gasteiger partial charge in [-0.25, -0.2) is 25.9 Å². The smallest absolute Gasteiger partial charge is 0.229 e. The average Bonchev–Trinajstić information content (AvgIpc) is 2.17. The highest BCUT2D eigenvalue weighted by molar-refractivity contribution is 7.91. The van der Waals surface area contributed by atoms with Gasteiger partial charge in [0, 0.05) is 12.3 Å². The second kappa shape index (κ2) is 5.74. The summed E-state index contributed by atoms with van der Waals surface area (Å²) in [6, 6.07) is 2.69. The van der Waals surface area contributed by atoms with Crippen molar-refractivity contribution in [2.24, 2.45) is 0 Å². The van der Waals surface area contributed by atoms with Crippen LogP contribution in [0.25, 0.3) is 0 Å². The minimum absolute atomic E-state index is 0.321.